The van der Waals surface area contributed by atoms with Crippen molar-refractivity contribution in [2.75, 3.05) is 27.2 Å². The molecule has 0 unspecified atom stereocenters. The van der Waals surface area contributed by atoms with E-state index in [9.17, 15) is 4.79 Å². The van der Waals surface area contributed by atoms with Gasteiger partial charge in [-0.2, -0.15) is 0 Å². The smallest absolute Gasteiger partial charge is 0.222 e. The number of nitrogens with zero attached hydrogens (tertiary/aromatic N) is 1. The van der Waals surface area contributed by atoms with Crippen LogP contribution in [0.15, 0.2) is 11.6 Å². The van der Waals surface area contributed by atoms with Crippen molar-refractivity contribution in [1.82, 2.24) is 10.2 Å². The molecule has 13 heavy (non-hydrogen) atoms. The third kappa shape index (κ3) is 3.59. The van der Waals surface area contributed by atoms with E-state index in [0.717, 1.165) is 25.9 Å². The van der Waals surface area contributed by atoms with Crippen molar-refractivity contribution in [2.45, 2.75) is 19.3 Å². The molecule has 0 aromatic carbocycles. The molecule has 0 aromatic heterocycles. The zero-order valence-electron chi connectivity index (χ0n) is 8.47. The van der Waals surface area contributed by atoms with Gasteiger partial charge in [0, 0.05) is 27.1 Å². The Labute approximate surface area is 79.8 Å². The first-order valence-electron chi connectivity index (χ1n) is 4.79. The highest BCUT2D eigenvalue weighted by Crippen LogP contribution is 2.11. The summed E-state index contributed by atoms with van der Waals surface area (Å²) in [6, 6.07) is 0. The van der Waals surface area contributed by atoms with Crippen LogP contribution < -0.4 is 5.32 Å². The van der Waals surface area contributed by atoms with Gasteiger partial charge in [0.15, 0.2) is 0 Å². The highest BCUT2D eigenvalue weighted by atomic mass is 16.2. The van der Waals surface area contributed by atoms with Crippen molar-refractivity contribution in [3.8, 4) is 0 Å². The first-order valence-corrected chi connectivity index (χ1v) is 4.79. The van der Waals surface area contributed by atoms with Crippen molar-refractivity contribution >= 4 is 5.91 Å². The quantitative estimate of drug-likeness (QED) is 0.654. The zero-order valence-corrected chi connectivity index (χ0v) is 8.47. The van der Waals surface area contributed by atoms with Crippen molar-refractivity contribution in [2.24, 2.45) is 0 Å². The number of hydrogen-bond donors (Lipinski definition) is 1. The molecule has 1 rings (SSSR count). The Hall–Kier alpha value is -0.830. The lowest BCUT2D eigenvalue weighted by atomic mass is 10.0. The Kier molecular flexibility index (Phi) is 3.96. The Morgan fingerprint density at radius 1 is 1.62 bits per heavy atom. The second-order valence-electron chi connectivity index (χ2n) is 3.60. The molecule has 1 amide bonds. The summed E-state index contributed by atoms with van der Waals surface area (Å²) in [4.78, 5) is 12.9. The maximum Gasteiger partial charge on any atom is 0.222 e. The van der Waals surface area contributed by atoms with Crippen LogP contribution in [0.1, 0.15) is 19.3 Å². The van der Waals surface area contributed by atoms with Gasteiger partial charge in [-0.3, -0.25) is 4.79 Å². The number of carbonyl (C=O) groups excluding carboxylic acids is 1. The molecule has 1 aliphatic rings. The van der Waals surface area contributed by atoms with Crippen LogP contribution in [0.25, 0.3) is 0 Å². The monoisotopic (exact) mass is 182 g/mol. The molecule has 0 aromatic rings. The summed E-state index contributed by atoms with van der Waals surface area (Å²) >= 11 is 0. The van der Waals surface area contributed by atoms with Crippen LogP contribution in [-0.4, -0.2) is 38.0 Å². The first-order chi connectivity index (χ1) is 6.20. The number of carbonyl (C=O) groups is 1. The molecule has 1 N–H and O–H groups in total. The zero-order chi connectivity index (χ0) is 9.68. The molecule has 0 fully saturated rings. The average molecular weight is 182 g/mol. The van der Waals surface area contributed by atoms with Crippen LogP contribution in [0.4, 0.5) is 0 Å². The van der Waals surface area contributed by atoms with E-state index in [1.807, 2.05) is 0 Å². The molecule has 0 spiro atoms. The molecule has 0 saturated heterocycles. The normalized spacial score (nSPS) is 16.6. The molecular formula is C10H18N2O. The Bertz CT molecular complexity index is 209. The standard InChI is InChI=1S/C10H18N2O/c1-12(2)10(13)4-3-9-5-7-11-8-6-9/h5,11H,3-4,6-8H2,1-2H3. The predicted molar refractivity (Wildman–Crippen MR) is 53.5 cm³/mol. The van der Waals surface area contributed by atoms with Crippen molar-refractivity contribution in [3.63, 3.8) is 0 Å². The van der Waals surface area contributed by atoms with Crippen molar-refractivity contribution in [1.29, 1.82) is 0 Å². The van der Waals surface area contributed by atoms with E-state index < -0.39 is 0 Å². The van der Waals surface area contributed by atoms with E-state index in [0.29, 0.717) is 6.42 Å². The van der Waals surface area contributed by atoms with Crippen LogP contribution in [0, 0.1) is 0 Å². The third-order valence-corrected chi connectivity index (χ3v) is 2.32. The van der Waals surface area contributed by atoms with Gasteiger partial charge in [-0.15, -0.1) is 0 Å². The molecule has 1 aliphatic heterocycles. The molecule has 0 atom stereocenters. The van der Waals surface area contributed by atoms with Crippen LogP contribution in [-0.2, 0) is 4.79 Å². The van der Waals surface area contributed by atoms with E-state index in [1.165, 1.54) is 5.57 Å². The topological polar surface area (TPSA) is 32.3 Å². The third-order valence-electron chi connectivity index (χ3n) is 2.32. The predicted octanol–water partition coefficient (Wildman–Crippen LogP) is 0.774. The molecule has 0 bridgehead atoms. The van der Waals surface area contributed by atoms with Crippen LogP contribution in [0.2, 0.25) is 0 Å². The molecule has 74 valence electrons. The van der Waals surface area contributed by atoms with E-state index in [2.05, 4.69) is 11.4 Å². The highest BCUT2D eigenvalue weighted by Gasteiger charge is 2.07. The summed E-state index contributed by atoms with van der Waals surface area (Å²) in [5.74, 6) is 0.222. The SMILES string of the molecule is CN(C)C(=O)CCC1=CCNCC1. The van der Waals surface area contributed by atoms with Gasteiger partial charge in [0.25, 0.3) is 0 Å². The largest absolute Gasteiger partial charge is 0.349 e. The van der Waals surface area contributed by atoms with Gasteiger partial charge in [0.1, 0.15) is 0 Å². The second-order valence-corrected chi connectivity index (χ2v) is 3.60. The van der Waals surface area contributed by atoms with Crippen molar-refractivity contribution in [3.05, 3.63) is 11.6 Å². The molecule has 0 saturated carbocycles. The van der Waals surface area contributed by atoms with E-state index >= 15 is 0 Å². The van der Waals surface area contributed by atoms with Crippen LogP contribution in [0.3, 0.4) is 0 Å². The molecule has 0 radical (unpaired) electrons. The molecular weight excluding hydrogens is 164 g/mol. The minimum atomic E-state index is 0.222. The van der Waals surface area contributed by atoms with Gasteiger partial charge in [-0.05, 0) is 19.4 Å². The summed E-state index contributed by atoms with van der Waals surface area (Å²) in [6.07, 6.45) is 4.88. The summed E-state index contributed by atoms with van der Waals surface area (Å²) in [5.41, 5.74) is 1.42. The minimum Gasteiger partial charge on any atom is -0.349 e. The fourth-order valence-corrected chi connectivity index (χ4v) is 1.39. The summed E-state index contributed by atoms with van der Waals surface area (Å²) in [5, 5.41) is 3.25. The van der Waals surface area contributed by atoms with Gasteiger partial charge in [-0.25, -0.2) is 0 Å². The summed E-state index contributed by atoms with van der Waals surface area (Å²) < 4.78 is 0. The number of amides is 1. The van der Waals surface area contributed by atoms with E-state index in [4.69, 9.17) is 0 Å². The van der Waals surface area contributed by atoms with E-state index in [1.54, 1.807) is 19.0 Å². The minimum absolute atomic E-state index is 0.222. The van der Waals surface area contributed by atoms with Gasteiger partial charge >= 0.3 is 0 Å². The summed E-state index contributed by atoms with van der Waals surface area (Å²) in [7, 11) is 3.61. The maximum atomic E-state index is 11.3. The number of nitrogens with one attached hydrogen (secondary N) is 1. The van der Waals surface area contributed by atoms with Crippen molar-refractivity contribution < 1.29 is 4.79 Å². The number of hydrogen-bond acceptors (Lipinski definition) is 2. The average Bonchev–Trinajstić information content (AvgIpc) is 2.15. The lowest BCUT2D eigenvalue weighted by Gasteiger charge is -2.15. The fourth-order valence-electron chi connectivity index (χ4n) is 1.39. The molecule has 3 heteroatoms. The lowest BCUT2D eigenvalue weighted by molar-refractivity contribution is -0.128. The van der Waals surface area contributed by atoms with Crippen LogP contribution >= 0.6 is 0 Å². The Balaban J connectivity index is 2.25. The van der Waals surface area contributed by atoms with E-state index in [-0.39, 0.29) is 5.91 Å². The van der Waals surface area contributed by atoms with Crippen LogP contribution in [0.5, 0.6) is 0 Å². The summed E-state index contributed by atoms with van der Waals surface area (Å²) in [6.45, 7) is 2.02. The van der Waals surface area contributed by atoms with Gasteiger partial charge in [0.05, 0.1) is 0 Å². The van der Waals surface area contributed by atoms with Gasteiger partial charge in [0.2, 0.25) is 5.91 Å². The molecule has 1 heterocycles. The fraction of sp³-hybridized carbons (Fsp3) is 0.700. The first kappa shape index (κ1) is 10.3. The highest BCUT2D eigenvalue weighted by molar-refractivity contribution is 5.75. The lowest BCUT2D eigenvalue weighted by Crippen LogP contribution is -2.23. The molecule has 0 aliphatic carbocycles. The Morgan fingerprint density at radius 2 is 2.38 bits per heavy atom. The molecule has 3 nitrogen and oxygen atoms in total. The van der Waals surface area contributed by atoms with Gasteiger partial charge < -0.3 is 10.2 Å². The maximum absolute atomic E-state index is 11.3. The second kappa shape index (κ2) is 5.02. The van der Waals surface area contributed by atoms with Gasteiger partial charge in [-0.1, -0.05) is 11.6 Å². The number of rotatable bonds is 3. The Morgan fingerprint density at radius 3 is 2.92 bits per heavy atom.